The molecule has 0 radical (unpaired) electrons. The Morgan fingerprint density at radius 1 is 1.19 bits per heavy atom. The number of rotatable bonds is 7. The summed E-state index contributed by atoms with van der Waals surface area (Å²) in [7, 11) is 0. The molecule has 0 bridgehead atoms. The smallest absolute Gasteiger partial charge is 0.251 e. The number of amides is 2. The Kier molecular flexibility index (Phi) is 6.40. The number of carbonyl (C=O) groups excluding carboxylic acids is 2. The molecule has 1 unspecified atom stereocenters. The van der Waals surface area contributed by atoms with Crippen molar-refractivity contribution >= 4 is 17.5 Å². The Hall–Kier alpha value is -3.66. The molecule has 8 nitrogen and oxygen atoms in total. The number of hydrogen-bond acceptors (Lipinski definition) is 5. The van der Waals surface area contributed by atoms with E-state index in [1.54, 1.807) is 12.1 Å². The Morgan fingerprint density at radius 3 is 2.48 bits per heavy atom. The number of carbonyl (C=O) groups is 2. The van der Waals surface area contributed by atoms with Crippen molar-refractivity contribution in [1.29, 1.82) is 0 Å². The summed E-state index contributed by atoms with van der Waals surface area (Å²) in [5.74, 6) is -2.52. The summed E-state index contributed by atoms with van der Waals surface area (Å²) in [6.45, 7) is 2.63. The van der Waals surface area contributed by atoms with Crippen LogP contribution in [-0.2, 0) is 16.9 Å². The highest BCUT2D eigenvalue weighted by Crippen LogP contribution is 2.30. The largest absolute Gasteiger partial charge is 0.381 e. The van der Waals surface area contributed by atoms with E-state index in [4.69, 9.17) is 0 Å². The Morgan fingerprint density at radius 2 is 1.90 bits per heavy atom. The number of hydrogen-bond donors (Lipinski definition) is 3. The normalized spacial score (nSPS) is 13.8. The zero-order valence-corrected chi connectivity index (χ0v) is 16.8. The van der Waals surface area contributed by atoms with Gasteiger partial charge in [-0.05, 0) is 37.3 Å². The molecule has 0 fully saturated rings. The fourth-order valence-corrected chi connectivity index (χ4v) is 3.16. The van der Waals surface area contributed by atoms with E-state index in [9.17, 15) is 23.5 Å². The Balaban J connectivity index is 1.86. The van der Waals surface area contributed by atoms with E-state index in [1.165, 1.54) is 43.3 Å². The summed E-state index contributed by atoms with van der Waals surface area (Å²) in [6, 6.07) is 7.94. The van der Waals surface area contributed by atoms with Crippen LogP contribution in [0.5, 0.6) is 0 Å². The predicted molar refractivity (Wildman–Crippen MR) is 108 cm³/mol. The molecule has 1 aromatic heterocycles. The lowest BCUT2D eigenvalue weighted by atomic mass is 9.86. The average molecular weight is 429 g/mol. The molecule has 31 heavy (non-hydrogen) atoms. The van der Waals surface area contributed by atoms with Crippen LogP contribution in [0.25, 0.3) is 0 Å². The van der Waals surface area contributed by atoms with Crippen LogP contribution in [0.15, 0.2) is 55.1 Å². The monoisotopic (exact) mass is 429 g/mol. The number of nitrogens with zero attached hydrogens (tertiary/aromatic N) is 3. The fraction of sp³-hybridized carbons (Fsp3) is 0.238. The quantitative estimate of drug-likeness (QED) is 0.534. The van der Waals surface area contributed by atoms with Crippen molar-refractivity contribution in [3.63, 3.8) is 0 Å². The van der Waals surface area contributed by atoms with Crippen molar-refractivity contribution in [2.75, 3.05) is 5.32 Å². The molecule has 3 rings (SSSR count). The maximum atomic E-state index is 14.6. The minimum atomic E-state index is -1.96. The summed E-state index contributed by atoms with van der Waals surface area (Å²) in [5, 5.41) is 20.6. The first kappa shape index (κ1) is 22.0. The topological polar surface area (TPSA) is 109 Å². The lowest BCUT2D eigenvalue weighted by Gasteiger charge is -2.35. The lowest BCUT2D eigenvalue weighted by molar-refractivity contribution is -0.114. The van der Waals surface area contributed by atoms with Gasteiger partial charge in [0.2, 0.25) is 5.91 Å². The summed E-state index contributed by atoms with van der Waals surface area (Å²) >= 11 is 0. The maximum absolute atomic E-state index is 14.6. The van der Waals surface area contributed by atoms with Crippen LogP contribution >= 0.6 is 0 Å². The molecule has 2 atom stereocenters. The van der Waals surface area contributed by atoms with Crippen molar-refractivity contribution in [2.45, 2.75) is 32.0 Å². The van der Waals surface area contributed by atoms with Gasteiger partial charge >= 0.3 is 0 Å². The maximum Gasteiger partial charge on any atom is 0.251 e. The van der Waals surface area contributed by atoms with Crippen LogP contribution in [0.2, 0.25) is 0 Å². The van der Waals surface area contributed by atoms with Gasteiger partial charge in [-0.2, -0.15) is 5.10 Å². The molecule has 2 aromatic carbocycles. The van der Waals surface area contributed by atoms with E-state index < -0.39 is 29.2 Å². The number of nitrogens with one attached hydrogen (secondary N) is 2. The third-order valence-electron chi connectivity index (χ3n) is 4.80. The molecular formula is C21H21F2N5O3. The number of anilines is 1. The molecule has 1 heterocycles. The van der Waals surface area contributed by atoms with Crippen LogP contribution in [0.4, 0.5) is 14.5 Å². The second-order valence-corrected chi connectivity index (χ2v) is 7.10. The first-order chi connectivity index (χ1) is 14.7. The standard InChI is InChI=1S/C21H21F2N5O3/c1-13(26-20(30)15-3-6-17(7-4-15)27-14(2)29)21(31,10-28-12-24-11-25-28)18-8-5-16(22)9-19(18)23/h3-9,11-13,31H,10H2,1-2H3,(H,26,30)(H,27,29)/t13-,21?/m1/s1. The lowest BCUT2D eigenvalue weighted by Crippen LogP contribution is -2.51. The van der Waals surface area contributed by atoms with Gasteiger partial charge in [0, 0.05) is 29.8 Å². The van der Waals surface area contributed by atoms with E-state index in [0.717, 1.165) is 12.1 Å². The van der Waals surface area contributed by atoms with Gasteiger partial charge in [0.25, 0.3) is 5.91 Å². The molecule has 3 aromatic rings. The highest BCUT2D eigenvalue weighted by Gasteiger charge is 2.40. The molecule has 0 aliphatic rings. The zero-order chi connectivity index (χ0) is 22.6. The molecule has 0 aliphatic heterocycles. The molecule has 0 spiro atoms. The number of benzene rings is 2. The van der Waals surface area contributed by atoms with Gasteiger partial charge in [-0.1, -0.05) is 6.07 Å². The molecule has 0 saturated carbocycles. The van der Waals surface area contributed by atoms with Crippen LogP contribution in [-0.4, -0.2) is 37.7 Å². The highest BCUT2D eigenvalue weighted by atomic mass is 19.1. The summed E-state index contributed by atoms with van der Waals surface area (Å²) in [4.78, 5) is 27.6. The summed E-state index contributed by atoms with van der Waals surface area (Å²) in [6.07, 6.45) is 2.59. The van der Waals surface area contributed by atoms with E-state index in [1.807, 2.05) is 0 Å². The molecule has 2 amide bonds. The number of halogens is 2. The molecule has 3 N–H and O–H groups in total. The van der Waals surface area contributed by atoms with Crippen LogP contribution in [0.3, 0.4) is 0 Å². The third-order valence-corrected chi connectivity index (χ3v) is 4.80. The van der Waals surface area contributed by atoms with E-state index in [2.05, 4.69) is 20.7 Å². The predicted octanol–water partition coefficient (Wildman–Crippen LogP) is 2.22. The van der Waals surface area contributed by atoms with Gasteiger partial charge in [-0.15, -0.1) is 0 Å². The average Bonchev–Trinajstić information content (AvgIpc) is 3.20. The molecular weight excluding hydrogens is 408 g/mol. The second kappa shape index (κ2) is 9.00. The first-order valence-corrected chi connectivity index (χ1v) is 9.38. The zero-order valence-electron chi connectivity index (χ0n) is 16.8. The van der Waals surface area contributed by atoms with E-state index in [-0.39, 0.29) is 23.6 Å². The molecule has 0 saturated heterocycles. The second-order valence-electron chi connectivity index (χ2n) is 7.10. The Bertz CT molecular complexity index is 1070. The van der Waals surface area contributed by atoms with E-state index >= 15 is 0 Å². The summed E-state index contributed by atoms with van der Waals surface area (Å²) in [5.41, 5.74) is -1.37. The van der Waals surface area contributed by atoms with Gasteiger partial charge in [-0.25, -0.2) is 18.4 Å². The van der Waals surface area contributed by atoms with Gasteiger partial charge in [0.1, 0.15) is 29.9 Å². The SMILES string of the molecule is CC(=O)Nc1ccc(C(=O)N[C@H](C)C(O)(Cn2cncn2)c2ccc(F)cc2F)cc1. The van der Waals surface area contributed by atoms with Crippen molar-refractivity contribution in [3.8, 4) is 0 Å². The minimum absolute atomic E-state index is 0.196. The van der Waals surface area contributed by atoms with Gasteiger partial charge in [0.05, 0.1) is 12.6 Å². The number of aromatic nitrogens is 3. The Labute approximate surface area is 176 Å². The van der Waals surface area contributed by atoms with Gasteiger partial charge < -0.3 is 15.7 Å². The first-order valence-electron chi connectivity index (χ1n) is 9.38. The minimum Gasteiger partial charge on any atom is -0.381 e. The van der Waals surface area contributed by atoms with Crippen LogP contribution in [0.1, 0.15) is 29.8 Å². The van der Waals surface area contributed by atoms with Crippen LogP contribution < -0.4 is 10.6 Å². The highest BCUT2D eigenvalue weighted by molar-refractivity contribution is 5.95. The molecule has 162 valence electrons. The van der Waals surface area contributed by atoms with Crippen molar-refractivity contribution < 1.29 is 23.5 Å². The van der Waals surface area contributed by atoms with Crippen molar-refractivity contribution in [1.82, 2.24) is 20.1 Å². The fourth-order valence-electron chi connectivity index (χ4n) is 3.16. The third kappa shape index (κ3) is 5.10. The van der Waals surface area contributed by atoms with Crippen LogP contribution in [0, 0.1) is 11.6 Å². The molecule has 10 heteroatoms. The van der Waals surface area contributed by atoms with Gasteiger partial charge in [0.15, 0.2) is 0 Å². The molecule has 0 aliphatic carbocycles. The van der Waals surface area contributed by atoms with Crippen molar-refractivity contribution in [3.05, 3.63) is 77.9 Å². The van der Waals surface area contributed by atoms with Crippen molar-refractivity contribution in [2.24, 2.45) is 0 Å². The summed E-state index contributed by atoms with van der Waals surface area (Å²) < 4.78 is 29.2. The number of aliphatic hydroxyl groups is 1. The van der Waals surface area contributed by atoms with E-state index in [0.29, 0.717) is 11.8 Å². The van der Waals surface area contributed by atoms with Gasteiger partial charge in [-0.3, -0.25) is 9.59 Å².